The molecule has 0 unspecified atom stereocenters. The molecule has 11 heteroatoms. The summed E-state index contributed by atoms with van der Waals surface area (Å²) in [6.07, 6.45) is 0.628. The Balaban J connectivity index is 1.49. The first kappa shape index (κ1) is 25.1. The number of pyridine rings is 1. The quantitative estimate of drug-likeness (QED) is 0.369. The molecule has 35 heavy (non-hydrogen) atoms. The van der Waals surface area contributed by atoms with E-state index in [1.165, 1.54) is 0 Å². The number of amides is 1. The van der Waals surface area contributed by atoms with E-state index in [1.807, 2.05) is 45.8 Å². The van der Waals surface area contributed by atoms with Gasteiger partial charge in [0.05, 0.1) is 27.9 Å². The summed E-state index contributed by atoms with van der Waals surface area (Å²) in [4.78, 5) is 23.5. The lowest BCUT2D eigenvalue weighted by Gasteiger charge is -2.44. The molecule has 1 saturated carbocycles. The average Bonchev–Trinajstić information content (AvgIpc) is 3.30. The minimum absolute atomic E-state index is 0.0161. The summed E-state index contributed by atoms with van der Waals surface area (Å²) in [6, 6.07) is 2.35. The minimum atomic E-state index is -0.545. The van der Waals surface area contributed by atoms with Crippen LogP contribution in [0.25, 0.3) is 10.9 Å². The second kappa shape index (κ2) is 8.76. The number of nitrogens with two attached hydrogens (primary N) is 1. The summed E-state index contributed by atoms with van der Waals surface area (Å²) >= 11 is 5.47. The number of hydrogen-bond donors (Lipinski definition) is 2. The second-order valence-corrected chi connectivity index (χ2v) is 13.0. The lowest BCUT2D eigenvalue weighted by Crippen LogP contribution is -2.58. The predicted molar refractivity (Wildman–Crippen MR) is 148 cm³/mol. The van der Waals surface area contributed by atoms with Crippen LogP contribution in [0.4, 0.5) is 26.4 Å². The van der Waals surface area contributed by atoms with Crippen LogP contribution < -0.4 is 16.0 Å². The molecule has 0 radical (unpaired) electrons. The summed E-state index contributed by atoms with van der Waals surface area (Å²) in [6.45, 7) is 7.82. The van der Waals surface area contributed by atoms with Gasteiger partial charge in [0, 0.05) is 40.6 Å². The van der Waals surface area contributed by atoms with Gasteiger partial charge in [-0.2, -0.15) is 0 Å². The highest BCUT2D eigenvalue weighted by Gasteiger charge is 2.55. The Morgan fingerprint density at radius 3 is 2.66 bits per heavy atom. The lowest BCUT2D eigenvalue weighted by atomic mass is 9.79. The molecule has 190 valence electrons. The summed E-state index contributed by atoms with van der Waals surface area (Å²) in [5, 5.41) is 4.26. The van der Waals surface area contributed by atoms with Gasteiger partial charge in [0.1, 0.15) is 11.1 Å². The van der Waals surface area contributed by atoms with Crippen LogP contribution in [-0.2, 0) is 4.74 Å². The Kier molecular flexibility index (Phi) is 6.27. The third kappa shape index (κ3) is 4.30. The molecule has 8 nitrogen and oxygen atoms in total. The summed E-state index contributed by atoms with van der Waals surface area (Å²) in [5.41, 5.74) is 7.66. The van der Waals surface area contributed by atoms with Gasteiger partial charge in [0.25, 0.3) is 0 Å². The first-order valence-corrected chi connectivity index (χ1v) is 13.7. The number of ether oxygens (including phenoxy) is 1. The van der Waals surface area contributed by atoms with Crippen LogP contribution in [0.15, 0.2) is 10.5 Å². The molecular weight excluding hydrogens is 630 g/mol. The van der Waals surface area contributed by atoms with Crippen LogP contribution in [0.5, 0.6) is 0 Å². The fourth-order valence-corrected chi connectivity index (χ4v) is 6.04. The van der Waals surface area contributed by atoms with Gasteiger partial charge in [-0.1, -0.05) is 0 Å². The molecule has 0 spiro atoms. The number of carbonyl (C=O) groups excluding carboxylic acids is 1. The van der Waals surface area contributed by atoms with E-state index in [2.05, 4.69) is 53.6 Å². The van der Waals surface area contributed by atoms with E-state index < -0.39 is 11.4 Å². The van der Waals surface area contributed by atoms with Crippen molar-refractivity contribution in [2.24, 2.45) is 5.92 Å². The number of nitrogens with one attached hydrogen (secondary N) is 1. The van der Waals surface area contributed by atoms with E-state index in [4.69, 9.17) is 15.5 Å². The third-order valence-corrected chi connectivity index (χ3v) is 9.63. The smallest absolute Gasteiger partial charge is 0.410 e. The summed E-state index contributed by atoms with van der Waals surface area (Å²) < 4.78 is 22.1. The van der Waals surface area contributed by atoms with Crippen LogP contribution in [0, 0.1) is 15.3 Å². The zero-order valence-electron chi connectivity index (χ0n) is 20.5. The van der Waals surface area contributed by atoms with E-state index in [0.717, 1.165) is 23.1 Å². The Bertz CT molecular complexity index is 1200. The number of carbonyl (C=O) groups is 1. The van der Waals surface area contributed by atoms with Gasteiger partial charge in [0.2, 0.25) is 0 Å². The van der Waals surface area contributed by atoms with Crippen molar-refractivity contribution < 1.29 is 13.9 Å². The van der Waals surface area contributed by atoms with Crippen molar-refractivity contribution in [2.75, 3.05) is 49.7 Å². The number of nitrogens with zero attached hydrogens (tertiary/aromatic N) is 4. The van der Waals surface area contributed by atoms with E-state index >= 15 is 4.39 Å². The largest absolute Gasteiger partial charge is 0.444 e. The maximum atomic E-state index is 15.4. The number of fused-ring (bicyclic) bond motifs is 2. The first-order chi connectivity index (χ1) is 16.4. The molecule has 2 bridgehead atoms. The molecule has 3 saturated heterocycles. The van der Waals surface area contributed by atoms with Gasteiger partial charge in [-0.3, -0.25) is 0 Å². The van der Waals surface area contributed by atoms with E-state index in [9.17, 15) is 4.79 Å². The van der Waals surface area contributed by atoms with Gasteiger partial charge in [0.15, 0.2) is 11.6 Å². The average molecular weight is 661 g/mol. The molecule has 3 atom stereocenters. The van der Waals surface area contributed by atoms with Crippen LogP contribution in [0.3, 0.4) is 0 Å². The highest BCUT2D eigenvalue weighted by atomic mass is 127. The summed E-state index contributed by atoms with van der Waals surface area (Å²) in [5.74, 6) is 0.494. The number of benzene rings is 1. The third-order valence-electron chi connectivity index (χ3n) is 7.26. The van der Waals surface area contributed by atoms with Crippen molar-refractivity contribution in [3.63, 3.8) is 0 Å². The van der Waals surface area contributed by atoms with Gasteiger partial charge in [-0.05, 0) is 85.9 Å². The van der Waals surface area contributed by atoms with Crippen LogP contribution >= 0.6 is 38.5 Å². The van der Waals surface area contributed by atoms with E-state index in [-0.39, 0.29) is 23.7 Å². The topological polar surface area (TPSA) is 87.0 Å². The van der Waals surface area contributed by atoms with Crippen molar-refractivity contribution in [3.8, 4) is 0 Å². The fraction of sp³-hybridized carbons (Fsp3) is 0.583. The molecular formula is C24H31BrFIN6O2. The van der Waals surface area contributed by atoms with E-state index in [0.29, 0.717) is 45.6 Å². The minimum Gasteiger partial charge on any atom is -0.444 e. The van der Waals surface area contributed by atoms with Crippen LogP contribution in [0.1, 0.15) is 27.2 Å². The first-order valence-electron chi connectivity index (χ1n) is 11.8. The van der Waals surface area contributed by atoms with Crippen molar-refractivity contribution in [1.82, 2.24) is 14.8 Å². The van der Waals surface area contributed by atoms with Gasteiger partial charge >= 0.3 is 6.09 Å². The maximum Gasteiger partial charge on any atom is 0.410 e. The Morgan fingerprint density at radius 1 is 1.34 bits per heavy atom. The molecule has 4 aliphatic rings. The lowest BCUT2D eigenvalue weighted by molar-refractivity contribution is 0.0239. The fourth-order valence-electron chi connectivity index (χ4n) is 5.19. The zero-order chi connectivity index (χ0) is 25.4. The Labute approximate surface area is 227 Å². The second-order valence-electron chi connectivity index (χ2n) is 11.0. The van der Waals surface area contributed by atoms with Gasteiger partial charge in [-0.15, -0.1) is 0 Å². The molecule has 1 aliphatic carbocycles. The van der Waals surface area contributed by atoms with Crippen molar-refractivity contribution >= 4 is 72.7 Å². The van der Waals surface area contributed by atoms with Crippen molar-refractivity contribution in [1.29, 1.82) is 0 Å². The number of nitrogen functional groups attached to an aromatic ring is 1. The molecule has 6 rings (SSSR count). The molecule has 4 heterocycles. The van der Waals surface area contributed by atoms with Crippen LogP contribution in [0.2, 0.25) is 0 Å². The SMILES string of the molecule is CN(C)C1CN(c2nc3c(F)c(Br)c(I)cc3c(N[C@@H]3[C@@H]4C[C@H]3N(C(=O)OC(C)(C)C)C4)c2N)C1. The van der Waals surface area contributed by atoms with Gasteiger partial charge < -0.3 is 30.5 Å². The Morgan fingerprint density at radius 2 is 2.03 bits per heavy atom. The van der Waals surface area contributed by atoms with E-state index in [1.54, 1.807) is 0 Å². The molecule has 3 aliphatic heterocycles. The number of anilines is 3. The molecule has 1 aromatic carbocycles. The molecule has 1 aromatic heterocycles. The molecule has 2 aromatic rings. The number of halogens is 3. The Hall–Kier alpha value is -1.60. The standard InChI is InChI=1S/C24H31BrFIN6O2/c1-24(2,3)35-23(34)33-8-11-6-15(33)19(11)29-21-13-7-14(27)16(25)17(26)20(13)30-22(18(21)28)32-9-12(10-32)31(4)5/h7,11-12,15,19H,6,8-10,28H2,1-5H3,(H,29,30)/t11-,15-,19-/m1/s1. The molecule has 4 fully saturated rings. The number of aromatic nitrogens is 1. The number of rotatable bonds is 4. The van der Waals surface area contributed by atoms with Gasteiger partial charge in [-0.25, -0.2) is 14.2 Å². The normalized spacial score (nSPS) is 24.1. The monoisotopic (exact) mass is 660 g/mol. The highest BCUT2D eigenvalue weighted by Crippen LogP contribution is 2.47. The van der Waals surface area contributed by atoms with Crippen molar-refractivity contribution in [2.45, 2.75) is 50.9 Å². The van der Waals surface area contributed by atoms with Crippen LogP contribution in [-0.4, -0.2) is 78.3 Å². The number of likely N-dealkylation sites (N-methyl/N-ethyl adjacent to an activating group) is 1. The molecule has 3 N–H and O–H groups in total. The zero-order valence-corrected chi connectivity index (χ0v) is 24.3. The molecule has 1 amide bonds. The van der Waals surface area contributed by atoms with Crippen molar-refractivity contribution in [3.05, 3.63) is 19.9 Å². The highest BCUT2D eigenvalue weighted by molar-refractivity contribution is 14.1. The summed E-state index contributed by atoms with van der Waals surface area (Å²) in [7, 11) is 4.10. The predicted octanol–water partition coefficient (Wildman–Crippen LogP) is 4.49. The maximum absolute atomic E-state index is 15.4. The number of hydrogen-bond acceptors (Lipinski definition) is 7.